The molecule has 0 aliphatic rings. The van der Waals surface area contributed by atoms with Crippen molar-refractivity contribution in [3.05, 3.63) is 179 Å². The molecule has 3 aromatic heterocycles. The molecule has 0 unspecified atom stereocenters. The van der Waals surface area contributed by atoms with Crippen LogP contribution in [0.25, 0.3) is 88.9 Å². The molecule has 0 aliphatic carbocycles. The highest BCUT2D eigenvalue weighted by Crippen LogP contribution is 2.44. The summed E-state index contributed by atoms with van der Waals surface area (Å²) in [5, 5.41) is 16.5. The molecule has 0 atom stereocenters. The molecule has 7 aromatic carbocycles. The fourth-order valence-electron chi connectivity index (χ4n) is 9.73. The summed E-state index contributed by atoms with van der Waals surface area (Å²) >= 11 is 0. The lowest BCUT2D eigenvalue weighted by Gasteiger charge is -2.21. The molecule has 0 N–H and O–H groups in total. The highest BCUT2D eigenvalue weighted by atomic mass is 15.0. The average Bonchev–Trinajstić information content (AvgIpc) is 3.81. The van der Waals surface area contributed by atoms with Crippen molar-refractivity contribution in [2.24, 2.45) is 0 Å². The summed E-state index contributed by atoms with van der Waals surface area (Å²) in [4.78, 5) is 10.8. The summed E-state index contributed by atoms with van der Waals surface area (Å²) in [6, 6.07) is 57.3. The maximum atomic E-state index is 11.8. The van der Waals surface area contributed by atoms with Crippen molar-refractivity contribution >= 4 is 43.6 Å². The number of benzene rings is 7. The van der Waals surface area contributed by atoms with Gasteiger partial charge in [0.15, 0.2) is 5.82 Å². The molecule has 10 aromatic rings. The first-order valence-electron chi connectivity index (χ1n) is 24.0. The van der Waals surface area contributed by atoms with E-state index in [1.807, 2.05) is 36.4 Å². The fraction of sp³-hybridized carbons (Fsp3) is 0.254. The van der Waals surface area contributed by atoms with Gasteiger partial charge in [0.05, 0.1) is 44.8 Å². The van der Waals surface area contributed by atoms with Gasteiger partial charge in [0.2, 0.25) is 0 Å². The molecule has 5 heteroatoms. The Balaban J connectivity index is 1.38. The molecular weight excluding hydrogens is 827 g/mol. The van der Waals surface area contributed by atoms with Crippen LogP contribution in [0.2, 0.25) is 0 Å². The predicted octanol–water partition coefficient (Wildman–Crippen LogP) is 16.7. The van der Waals surface area contributed by atoms with Crippen molar-refractivity contribution < 1.29 is 0 Å². The van der Waals surface area contributed by atoms with Crippen LogP contribution in [0.5, 0.6) is 0 Å². The molecule has 5 nitrogen and oxygen atoms in total. The van der Waals surface area contributed by atoms with Gasteiger partial charge < -0.3 is 9.13 Å². The molecule has 0 fully saturated rings. The molecule has 0 aliphatic heterocycles. The van der Waals surface area contributed by atoms with Crippen molar-refractivity contribution in [2.45, 2.75) is 105 Å². The Labute approximate surface area is 401 Å². The lowest BCUT2D eigenvalue weighted by Crippen LogP contribution is -2.11. The van der Waals surface area contributed by atoms with Crippen molar-refractivity contribution in [3.8, 4) is 51.3 Å². The molecule has 0 saturated heterocycles. The summed E-state index contributed by atoms with van der Waals surface area (Å²) in [6.07, 6.45) is 0. The largest absolute Gasteiger partial charge is 0.308 e. The first kappa shape index (κ1) is 44.5. The molecular formula is C63H61N5. The maximum Gasteiger partial charge on any atom is 0.160 e. The highest BCUT2D eigenvalue weighted by molar-refractivity contribution is 6.12. The van der Waals surface area contributed by atoms with Gasteiger partial charge in [0, 0.05) is 38.2 Å². The lowest BCUT2D eigenvalue weighted by molar-refractivity contribution is 0.590. The lowest BCUT2D eigenvalue weighted by atomic mass is 9.85. The molecule has 0 saturated carbocycles. The van der Waals surface area contributed by atoms with Crippen LogP contribution in [0.15, 0.2) is 152 Å². The third-order valence-corrected chi connectivity index (χ3v) is 13.8. The Morgan fingerprint density at radius 3 is 0.956 bits per heavy atom. The number of hydrogen-bond acceptors (Lipinski definition) is 3. The third-order valence-electron chi connectivity index (χ3n) is 13.8. The van der Waals surface area contributed by atoms with E-state index in [0.717, 1.165) is 83.1 Å². The van der Waals surface area contributed by atoms with Crippen molar-refractivity contribution in [2.75, 3.05) is 0 Å². The first-order valence-corrected chi connectivity index (χ1v) is 24.0. The Bertz CT molecular complexity index is 3270. The summed E-state index contributed by atoms with van der Waals surface area (Å²) < 4.78 is 4.63. The molecule has 3 heterocycles. The van der Waals surface area contributed by atoms with Crippen LogP contribution in [-0.2, 0) is 21.7 Å². The normalized spacial score (nSPS) is 12.7. The van der Waals surface area contributed by atoms with Gasteiger partial charge >= 0.3 is 0 Å². The number of rotatable bonds is 5. The van der Waals surface area contributed by atoms with E-state index in [9.17, 15) is 5.26 Å². The van der Waals surface area contributed by atoms with Crippen LogP contribution in [0, 0.1) is 11.3 Å². The topological polar surface area (TPSA) is 59.4 Å². The highest BCUT2D eigenvalue weighted by Gasteiger charge is 2.27. The standard InChI is InChI=1S/C63H61N5/c1-60(2,3)42-23-27-53-46(33-42)47-34-43(61(4,5)6)24-28-54(47)67(53)57-31-41(59-65-51(39-19-15-13-16-20-39)37-52(66-59)40-21-17-14-18-22-40)32-58(50(57)38-64)68-55-29-25-44(62(7,8)9)35-48(55)49-36-45(63(10,11)12)26-30-56(49)68/h13-37H,1-12H3. The van der Waals surface area contributed by atoms with E-state index in [2.05, 4.69) is 214 Å². The van der Waals surface area contributed by atoms with Crippen LogP contribution < -0.4 is 0 Å². The van der Waals surface area contributed by atoms with Gasteiger partial charge in [0.25, 0.3) is 0 Å². The van der Waals surface area contributed by atoms with Gasteiger partial charge in [-0.15, -0.1) is 0 Å². The number of hydrogen-bond donors (Lipinski definition) is 0. The van der Waals surface area contributed by atoms with Crippen molar-refractivity contribution in [1.29, 1.82) is 5.26 Å². The molecule has 0 amide bonds. The zero-order valence-corrected chi connectivity index (χ0v) is 41.7. The molecule has 0 bridgehead atoms. The molecule has 10 rings (SSSR count). The number of fused-ring (bicyclic) bond motifs is 6. The third kappa shape index (κ3) is 7.76. The maximum absolute atomic E-state index is 11.8. The Hall–Kier alpha value is -7.29. The number of nitriles is 1. The van der Waals surface area contributed by atoms with E-state index in [1.54, 1.807) is 0 Å². The van der Waals surface area contributed by atoms with Gasteiger partial charge in [-0.3, -0.25) is 0 Å². The van der Waals surface area contributed by atoms with E-state index in [-0.39, 0.29) is 21.7 Å². The van der Waals surface area contributed by atoms with Crippen LogP contribution >= 0.6 is 0 Å². The Morgan fingerprint density at radius 2 is 0.676 bits per heavy atom. The minimum atomic E-state index is -0.0665. The minimum Gasteiger partial charge on any atom is -0.308 e. The van der Waals surface area contributed by atoms with Crippen LogP contribution in [0.3, 0.4) is 0 Å². The van der Waals surface area contributed by atoms with E-state index < -0.39 is 0 Å². The second kappa shape index (κ2) is 15.9. The molecule has 0 radical (unpaired) electrons. The zero-order chi connectivity index (χ0) is 48.1. The van der Waals surface area contributed by atoms with Gasteiger partial charge in [-0.1, -0.05) is 168 Å². The fourth-order valence-corrected chi connectivity index (χ4v) is 9.73. The van der Waals surface area contributed by atoms with Crippen molar-refractivity contribution in [1.82, 2.24) is 19.1 Å². The monoisotopic (exact) mass is 887 g/mol. The van der Waals surface area contributed by atoms with E-state index in [0.29, 0.717) is 11.4 Å². The second-order valence-electron chi connectivity index (χ2n) is 22.8. The summed E-state index contributed by atoms with van der Waals surface area (Å²) in [5.41, 5.74) is 15.5. The van der Waals surface area contributed by atoms with Crippen molar-refractivity contribution in [3.63, 3.8) is 0 Å². The first-order chi connectivity index (χ1) is 32.2. The second-order valence-corrected chi connectivity index (χ2v) is 22.8. The Kier molecular flexibility index (Phi) is 10.4. The quantitative estimate of drug-likeness (QED) is 0.173. The van der Waals surface area contributed by atoms with Crippen LogP contribution in [-0.4, -0.2) is 19.1 Å². The zero-order valence-electron chi connectivity index (χ0n) is 41.7. The summed E-state index contributed by atoms with van der Waals surface area (Å²) in [6.45, 7) is 27.2. The van der Waals surface area contributed by atoms with E-state index >= 15 is 0 Å². The minimum absolute atomic E-state index is 0.0665. The van der Waals surface area contributed by atoms with Gasteiger partial charge in [-0.25, -0.2) is 9.97 Å². The van der Waals surface area contributed by atoms with Gasteiger partial charge in [0.1, 0.15) is 11.6 Å². The summed E-state index contributed by atoms with van der Waals surface area (Å²) in [5.74, 6) is 0.578. The molecule has 68 heavy (non-hydrogen) atoms. The molecule has 338 valence electrons. The number of aromatic nitrogens is 4. The van der Waals surface area contributed by atoms with Crippen LogP contribution in [0.4, 0.5) is 0 Å². The molecule has 0 spiro atoms. The van der Waals surface area contributed by atoms with Gasteiger partial charge in [-0.05, 0) is 111 Å². The average molecular weight is 888 g/mol. The predicted molar refractivity (Wildman–Crippen MR) is 287 cm³/mol. The van der Waals surface area contributed by atoms with E-state index in [1.165, 1.54) is 22.3 Å². The van der Waals surface area contributed by atoms with Gasteiger partial charge in [-0.2, -0.15) is 5.26 Å². The van der Waals surface area contributed by atoms with E-state index in [4.69, 9.17) is 9.97 Å². The summed E-state index contributed by atoms with van der Waals surface area (Å²) in [7, 11) is 0. The Morgan fingerprint density at radius 1 is 0.368 bits per heavy atom. The smallest absolute Gasteiger partial charge is 0.160 e. The number of nitrogens with zero attached hydrogens (tertiary/aromatic N) is 5. The SMILES string of the molecule is CC(C)(C)c1ccc2c(c1)c1cc(C(C)(C)C)ccc1n2-c1cc(-c2nc(-c3ccccc3)cc(-c3ccccc3)n2)cc(-n2c3ccc(C(C)(C)C)cc3c3cc(C(C)(C)C)ccc32)c1C#N. The van der Waals surface area contributed by atoms with Crippen LogP contribution in [0.1, 0.15) is 111 Å².